The van der Waals surface area contributed by atoms with Crippen LogP contribution in [0.1, 0.15) is 23.7 Å². The van der Waals surface area contributed by atoms with Gasteiger partial charge < -0.3 is 4.74 Å². The van der Waals surface area contributed by atoms with Crippen LogP contribution in [0.15, 0.2) is 11.0 Å². The summed E-state index contributed by atoms with van der Waals surface area (Å²) in [5.41, 5.74) is -0.807. The molecule has 0 saturated carbocycles. The van der Waals surface area contributed by atoms with Crippen LogP contribution < -0.4 is 10.5 Å². The first-order valence-corrected chi connectivity index (χ1v) is 6.29. The third-order valence-electron chi connectivity index (χ3n) is 2.64. The first kappa shape index (κ1) is 13.6. The van der Waals surface area contributed by atoms with Crippen molar-refractivity contribution in [2.45, 2.75) is 18.6 Å². The van der Waals surface area contributed by atoms with Crippen LogP contribution in [0, 0.1) is 0 Å². The molecule has 1 fully saturated rings. The predicted molar refractivity (Wildman–Crippen MR) is 70.6 cm³/mol. The van der Waals surface area contributed by atoms with Crippen molar-refractivity contribution in [3.05, 3.63) is 22.1 Å². The molecule has 1 unspecified atom stereocenters. The van der Waals surface area contributed by atoms with Crippen molar-refractivity contribution in [2.24, 2.45) is 0 Å². The van der Waals surface area contributed by atoms with Crippen LogP contribution in [-0.4, -0.2) is 40.2 Å². The first-order valence-electron chi connectivity index (χ1n) is 5.77. The van der Waals surface area contributed by atoms with Gasteiger partial charge in [-0.2, -0.15) is 12.6 Å². The van der Waals surface area contributed by atoms with Crippen LogP contribution in [0.4, 0.5) is 5.95 Å². The zero-order valence-corrected chi connectivity index (χ0v) is 11.1. The summed E-state index contributed by atoms with van der Waals surface area (Å²) in [6.07, 6.45) is 1.41. The molecule has 0 aliphatic carbocycles. The summed E-state index contributed by atoms with van der Waals surface area (Å²) in [5, 5.41) is -0.0810. The van der Waals surface area contributed by atoms with E-state index in [1.807, 2.05) is 0 Å². The molecule has 1 saturated heterocycles. The second-order valence-corrected chi connectivity index (χ2v) is 4.76. The van der Waals surface area contributed by atoms with Gasteiger partial charge in [-0.25, -0.2) is 9.78 Å². The minimum Gasteiger partial charge on any atom is -0.462 e. The minimum absolute atomic E-state index is 0.0810. The maximum Gasteiger partial charge on any atom is 0.345 e. The Labute approximate surface area is 114 Å². The lowest BCUT2D eigenvalue weighted by atomic mass is 10.3. The number of aromatic amines is 1. The van der Waals surface area contributed by atoms with Gasteiger partial charge >= 0.3 is 5.97 Å². The minimum atomic E-state index is -0.734. The summed E-state index contributed by atoms with van der Waals surface area (Å²) in [6.45, 7) is 2.19. The second kappa shape index (κ2) is 5.43. The standard InChI is InChI=1S/C11H13N3O4S/c1-2-18-10(17)7-4-12-11(13-9(7)16)14-5-6(19)3-8(14)15/h4,6,19H,2-3,5H2,1H3,(H,12,13,16). The van der Waals surface area contributed by atoms with Crippen molar-refractivity contribution in [1.29, 1.82) is 0 Å². The van der Waals surface area contributed by atoms with Gasteiger partial charge in [0.05, 0.1) is 12.8 Å². The number of nitrogens with one attached hydrogen (secondary N) is 1. The van der Waals surface area contributed by atoms with E-state index < -0.39 is 11.5 Å². The average Bonchev–Trinajstić information content (AvgIpc) is 2.68. The highest BCUT2D eigenvalue weighted by molar-refractivity contribution is 7.81. The van der Waals surface area contributed by atoms with Crippen molar-refractivity contribution in [3.8, 4) is 0 Å². The van der Waals surface area contributed by atoms with Crippen molar-refractivity contribution in [2.75, 3.05) is 18.1 Å². The summed E-state index contributed by atoms with van der Waals surface area (Å²) >= 11 is 4.21. The molecule has 0 radical (unpaired) electrons. The summed E-state index contributed by atoms with van der Waals surface area (Å²) in [6, 6.07) is 0. The number of hydrogen-bond acceptors (Lipinski definition) is 6. The van der Waals surface area contributed by atoms with Gasteiger partial charge in [-0.05, 0) is 6.92 Å². The summed E-state index contributed by atoms with van der Waals surface area (Å²) in [7, 11) is 0. The molecule has 19 heavy (non-hydrogen) atoms. The molecule has 1 amide bonds. The van der Waals surface area contributed by atoms with E-state index in [4.69, 9.17) is 4.74 Å². The SMILES string of the molecule is CCOC(=O)c1cnc(N2CC(S)CC2=O)[nH]c1=O. The molecule has 102 valence electrons. The smallest absolute Gasteiger partial charge is 0.345 e. The van der Waals surface area contributed by atoms with Crippen LogP contribution >= 0.6 is 12.6 Å². The Balaban J connectivity index is 2.27. The molecular formula is C11H13N3O4S. The molecule has 1 atom stereocenters. The number of amides is 1. The van der Waals surface area contributed by atoms with Gasteiger partial charge in [0.2, 0.25) is 11.9 Å². The van der Waals surface area contributed by atoms with Crippen LogP contribution in [0.2, 0.25) is 0 Å². The lowest BCUT2D eigenvalue weighted by Crippen LogP contribution is -2.30. The number of H-pyrrole nitrogens is 1. The molecule has 0 bridgehead atoms. The third kappa shape index (κ3) is 2.78. The Morgan fingerprint density at radius 3 is 2.89 bits per heavy atom. The number of carbonyl (C=O) groups excluding carboxylic acids is 2. The monoisotopic (exact) mass is 283 g/mol. The highest BCUT2D eigenvalue weighted by Crippen LogP contribution is 2.19. The second-order valence-electron chi connectivity index (χ2n) is 4.03. The summed E-state index contributed by atoms with van der Waals surface area (Å²) < 4.78 is 4.72. The fraction of sp³-hybridized carbons (Fsp3) is 0.455. The fourth-order valence-electron chi connectivity index (χ4n) is 1.77. The number of rotatable bonds is 3. The molecule has 0 spiro atoms. The lowest BCUT2D eigenvalue weighted by Gasteiger charge is -2.13. The van der Waals surface area contributed by atoms with E-state index >= 15 is 0 Å². The molecule has 1 aromatic rings. The van der Waals surface area contributed by atoms with Gasteiger partial charge in [0.25, 0.3) is 5.56 Å². The van der Waals surface area contributed by atoms with Crippen LogP contribution in [0.3, 0.4) is 0 Å². The van der Waals surface area contributed by atoms with Gasteiger partial charge in [-0.3, -0.25) is 19.5 Å². The van der Waals surface area contributed by atoms with E-state index in [1.54, 1.807) is 6.92 Å². The number of ether oxygens (including phenoxy) is 1. The topological polar surface area (TPSA) is 92.4 Å². The average molecular weight is 283 g/mol. The molecule has 7 nitrogen and oxygen atoms in total. The van der Waals surface area contributed by atoms with Gasteiger partial charge in [0.1, 0.15) is 5.56 Å². The predicted octanol–water partition coefficient (Wildman–Crippen LogP) is -0.0183. The van der Waals surface area contributed by atoms with E-state index in [0.29, 0.717) is 13.0 Å². The lowest BCUT2D eigenvalue weighted by molar-refractivity contribution is -0.117. The molecule has 1 aliphatic heterocycles. The summed E-state index contributed by atoms with van der Waals surface area (Å²) in [4.78, 5) is 42.5. The molecule has 0 aromatic carbocycles. The molecule has 1 aromatic heterocycles. The Morgan fingerprint density at radius 2 is 2.37 bits per heavy atom. The first-order chi connectivity index (χ1) is 9.02. The highest BCUT2D eigenvalue weighted by atomic mass is 32.1. The highest BCUT2D eigenvalue weighted by Gasteiger charge is 2.30. The number of anilines is 1. The molecular weight excluding hydrogens is 270 g/mol. The zero-order valence-electron chi connectivity index (χ0n) is 10.3. The third-order valence-corrected chi connectivity index (χ3v) is 2.99. The maximum absolute atomic E-state index is 11.7. The molecule has 8 heteroatoms. The van der Waals surface area contributed by atoms with E-state index in [-0.39, 0.29) is 29.3 Å². The van der Waals surface area contributed by atoms with Crippen molar-refractivity contribution >= 4 is 30.5 Å². The Kier molecular flexibility index (Phi) is 3.89. The van der Waals surface area contributed by atoms with Gasteiger partial charge in [-0.1, -0.05) is 0 Å². The number of thiol groups is 1. The molecule has 1 aliphatic rings. The normalized spacial score (nSPS) is 18.7. The Morgan fingerprint density at radius 1 is 1.63 bits per heavy atom. The van der Waals surface area contributed by atoms with Crippen molar-refractivity contribution < 1.29 is 14.3 Å². The molecule has 2 heterocycles. The van der Waals surface area contributed by atoms with Crippen molar-refractivity contribution in [1.82, 2.24) is 9.97 Å². The van der Waals surface area contributed by atoms with Crippen molar-refractivity contribution in [3.63, 3.8) is 0 Å². The Bertz CT molecular complexity index is 571. The van der Waals surface area contributed by atoms with E-state index in [1.165, 1.54) is 4.90 Å². The largest absolute Gasteiger partial charge is 0.462 e. The van der Waals surface area contributed by atoms with E-state index in [2.05, 4.69) is 22.6 Å². The number of esters is 1. The zero-order chi connectivity index (χ0) is 14.0. The number of carbonyl (C=O) groups is 2. The van der Waals surface area contributed by atoms with Gasteiger partial charge in [0.15, 0.2) is 0 Å². The van der Waals surface area contributed by atoms with Crippen LogP contribution in [-0.2, 0) is 9.53 Å². The van der Waals surface area contributed by atoms with Gasteiger partial charge in [0, 0.05) is 18.2 Å². The van der Waals surface area contributed by atoms with Crippen LogP contribution in [0.5, 0.6) is 0 Å². The summed E-state index contributed by atoms with van der Waals surface area (Å²) in [5.74, 6) is -0.769. The molecule has 1 N–H and O–H groups in total. The van der Waals surface area contributed by atoms with E-state index in [9.17, 15) is 14.4 Å². The number of nitrogens with zero attached hydrogens (tertiary/aromatic N) is 2. The maximum atomic E-state index is 11.7. The number of hydrogen-bond donors (Lipinski definition) is 2. The molecule has 2 rings (SSSR count). The van der Waals surface area contributed by atoms with Crippen LogP contribution in [0.25, 0.3) is 0 Å². The Hall–Kier alpha value is -1.83. The van der Waals surface area contributed by atoms with E-state index in [0.717, 1.165) is 6.20 Å². The van der Waals surface area contributed by atoms with Gasteiger partial charge in [-0.15, -0.1) is 0 Å². The fourth-order valence-corrected chi connectivity index (χ4v) is 2.09. The quantitative estimate of drug-likeness (QED) is 0.601. The number of aromatic nitrogens is 2.